The van der Waals surface area contributed by atoms with Crippen molar-refractivity contribution in [2.75, 3.05) is 11.9 Å². The van der Waals surface area contributed by atoms with Crippen molar-refractivity contribution < 1.29 is 4.79 Å². The van der Waals surface area contributed by atoms with Crippen LogP contribution >= 0.6 is 0 Å². The van der Waals surface area contributed by atoms with Gasteiger partial charge in [-0.1, -0.05) is 6.07 Å². The Morgan fingerprint density at radius 1 is 1.58 bits per heavy atom. The van der Waals surface area contributed by atoms with Gasteiger partial charge >= 0.3 is 0 Å². The van der Waals surface area contributed by atoms with E-state index in [1.165, 1.54) is 0 Å². The average Bonchev–Trinajstić information content (AvgIpc) is 2.71. The number of nitriles is 1. The number of anilines is 1. The van der Waals surface area contributed by atoms with Crippen molar-refractivity contribution in [3.8, 4) is 6.07 Å². The molecule has 1 aromatic rings. The molecule has 5 heteroatoms. The van der Waals surface area contributed by atoms with E-state index in [0.717, 1.165) is 11.5 Å². The van der Waals surface area contributed by atoms with Gasteiger partial charge in [-0.05, 0) is 26.0 Å². The van der Waals surface area contributed by atoms with Gasteiger partial charge in [-0.15, -0.1) is 0 Å². The van der Waals surface area contributed by atoms with Gasteiger partial charge in [-0.25, -0.2) is 4.98 Å². The summed E-state index contributed by atoms with van der Waals surface area (Å²) in [5.74, 6) is 0.914. The number of carbonyl (C=O) groups excluding carboxylic acids is 1. The van der Waals surface area contributed by atoms with Gasteiger partial charge in [0, 0.05) is 19.0 Å². The van der Waals surface area contributed by atoms with Crippen LogP contribution in [0.1, 0.15) is 26.0 Å². The molecule has 1 unspecified atom stereocenters. The molecule has 1 atom stereocenters. The van der Waals surface area contributed by atoms with Crippen molar-refractivity contribution in [3.05, 3.63) is 23.9 Å². The van der Waals surface area contributed by atoms with Crippen LogP contribution in [0.15, 0.2) is 18.2 Å². The second kappa shape index (κ2) is 5.70. The number of rotatable bonds is 4. The molecule has 2 heterocycles. The fourth-order valence-electron chi connectivity index (χ4n) is 2.28. The van der Waals surface area contributed by atoms with Crippen LogP contribution in [0, 0.1) is 11.3 Å². The van der Waals surface area contributed by atoms with Crippen LogP contribution in [0.2, 0.25) is 0 Å². The number of nitrogens with one attached hydrogen (secondary N) is 1. The summed E-state index contributed by atoms with van der Waals surface area (Å²) < 4.78 is 0. The summed E-state index contributed by atoms with van der Waals surface area (Å²) in [6, 6.07) is 7.98. The molecule has 2 rings (SSSR count). The van der Waals surface area contributed by atoms with Gasteiger partial charge in [0.1, 0.15) is 5.82 Å². The molecule has 1 N–H and O–H groups in total. The summed E-state index contributed by atoms with van der Waals surface area (Å²) in [6.07, 6.45) is 0.805. The van der Waals surface area contributed by atoms with Crippen LogP contribution in [0.4, 0.5) is 5.82 Å². The summed E-state index contributed by atoms with van der Waals surface area (Å²) in [5.41, 5.74) is 0.748. The van der Waals surface area contributed by atoms with Crippen LogP contribution in [-0.2, 0) is 11.2 Å². The van der Waals surface area contributed by atoms with Crippen LogP contribution in [0.25, 0.3) is 0 Å². The maximum atomic E-state index is 11.8. The molecule has 1 aliphatic heterocycles. The largest absolute Gasteiger partial charge is 0.365 e. The van der Waals surface area contributed by atoms with Crippen LogP contribution in [-0.4, -0.2) is 34.4 Å². The molecule has 19 heavy (non-hydrogen) atoms. The van der Waals surface area contributed by atoms with Gasteiger partial charge in [0.2, 0.25) is 5.91 Å². The van der Waals surface area contributed by atoms with E-state index in [2.05, 4.69) is 16.4 Å². The molecule has 0 saturated carbocycles. The lowest BCUT2D eigenvalue weighted by Gasteiger charge is -2.21. The molecular formula is C14H18N4O. The Kier molecular flexibility index (Phi) is 4.00. The summed E-state index contributed by atoms with van der Waals surface area (Å²) in [4.78, 5) is 18.0. The van der Waals surface area contributed by atoms with Gasteiger partial charge in [-0.3, -0.25) is 4.79 Å². The minimum absolute atomic E-state index is 0.0970. The SMILES string of the molecule is CC(C)N1CC(Nc2cccc(CC#N)n2)CC1=O. The van der Waals surface area contributed by atoms with E-state index >= 15 is 0 Å². The van der Waals surface area contributed by atoms with E-state index in [-0.39, 0.29) is 18.0 Å². The Bertz CT molecular complexity index is 506. The third-order valence-electron chi connectivity index (χ3n) is 3.20. The molecule has 1 fully saturated rings. The zero-order valence-electron chi connectivity index (χ0n) is 11.3. The van der Waals surface area contributed by atoms with Gasteiger partial charge in [0.05, 0.1) is 24.2 Å². The lowest BCUT2D eigenvalue weighted by molar-refractivity contribution is -0.129. The minimum atomic E-state index is 0.0970. The first-order valence-corrected chi connectivity index (χ1v) is 6.49. The van der Waals surface area contributed by atoms with E-state index in [9.17, 15) is 4.79 Å². The summed E-state index contributed by atoms with van der Waals surface area (Å²) in [7, 11) is 0. The summed E-state index contributed by atoms with van der Waals surface area (Å²) in [5, 5.41) is 11.9. The first-order chi connectivity index (χ1) is 9.10. The molecule has 1 saturated heterocycles. The van der Waals surface area contributed by atoms with Crippen molar-refractivity contribution in [2.24, 2.45) is 0 Å². The van der Waals surface area contributed by atoms with Crippen LogP contribution < -0.4 is 5.32 Å². The highest BCUT2D eigenvalue weighted by Crippen LogP contribution is 2.18. The minimum Gasteiger partial charge on any atom is -0.365 e. The highest BCUT2D eigenvalue weighted by atomic mass is 16.2. The smallest absolute Gasteiger partial charge is 0.225 e. The first kappa shape index (κ1) is 13.3. The van der Waals surface area contributed by atoms with Crippen LogP contribution in [0.3, 0.4) is 0 Å². The third-order valence-corrected chi connectivity index (χ3v) is 3.20. The van der Waals surface area contributed by atoms with Crippen molar-refractivity contribution >= 4 is 11.7 Å². The van der Waals surface area contributed by atoms with Crippen molar-refractivity contribution in [3.63, 3.8) is 0 Å². The number of nitrogens with zero attached hydrogens (tertiary/aromatic N) is 3. The predicted octanol–water partition coefficient (Wildman–Crippen LogP) is 1.57. The Morgan fingerprint density at radius 2 is 2.37 bits per heavy atom. The molecule has 100 valence electrons. The highest BCUT2D eigenvalue weighted by Gasteiger charge is 2.31. The Morgan fingerprint density at radius 3 is 3.00 bits per heavy atom. The van der Waals surface area contributed by atoms with Gasteiger partial charge in [-0.2, -0.15) is 5.26 Å². The predicted molar refractivity (Wildman–Crippen MR) is 72.4 cm³/mol. The second-order valence-electron chi connectivity index (χ2n) is 5.03. The van der Waals surface area contributed by atoms with Gasteiger partial charge in [0.15, 0.2) is 0 Å². The first-order valence-electron chi connectivity index (χ1n) is 6.49. The molecule has 0 bridgehead atoms. The number of carbonyl (C=O) groups is 1. The van der Waals surface area contributed by atoms with Gasteiger partial charge < -0.3 is 10.2 Å². The number of amides is 1. The normalized spacial score (nSPS) is 18.7. The van der Waals surface area contributed by atoms with E-state index in [4.69, 9.17) is 5.26 Å². The number of aromatic nitrogens is 1. The maximum Gasteiger partial charge on any atom is 0.225 e. The number of likely N-dealkylation sites (tertiary alicyclic amines) is 1. The quantitative estimate of drug-likeness (QED) is 0.890. The van der Waals surface area contributed by atoms with Crippen molar-refractivity contribution in [1.82, 2.24) is 9.88 Å². The zero-order valence-corrected chi connectivity index (χ0v) is 11.3. The van der Waals surface area contributed by atoms with Crippen molar-refractivity contribution in [1.29, 1.82) is 5.26 Å². The highest BCUT2D eigenvalue weighted by molar-refractivity contribution is 5.80. The molecule has 0 aromatic carbocycles. The van der Waals surface area contributed by atoms with E-state index in [1.54, 1.807) is 0 Å². The average molecular weight is 258 g/mol. The van der Waals surface area contributed by atoms with E-state index < -0.39 is 0 Å². The Labute approximate surface area is 113 Å². The fourth-order valence-corrected chi connectivity index (χ4v) is 2.28. The van der Waals surface area contributed by atoms with Crippen molar-refractivity contribution in [2.45, 2.75) is 38.8 Å². The second-order valence-corrected chi connectivity index (χ2v) is 5.03. The van der Waals surface area contributed by atoms with E-state index in [0.29, 0.717) is 19.4 Å². The lowest BCUT2D eigenvalue weighted by atomic mass is 10.2. The summed E-state index contributed by atoms with van der Waals surface area (Å²) >= 11 is 0. The lowest BCUT2D eigenvalue weighted by Crippen LogP contribution is -2.33. The topological polar surface area (TPSA) is 69.0 Å². The molecule has 1 aromatic heterocycles. The fraction of sp³-hybridized carbons (Fsp3) is 0.500. The molecule has 5 nitrogen and oxygen atoms in total. The monoisotopic (exact) mass is 258 g/mol. The molecule has 1 aliphatic rings. The van der Waals surface area contributed by atoms with Gasteiger partial charge in [0.25, 0.3) is 0 Å². The molecular weight excluding hydrogens is 240 g/mol. The standard InChI is InChI=1S/C14H18N4O/c1-10(2)18-9-12(8-14(18)19)17-13-5-3-4-11(16-13)6-7-15/h3-5,10,12H,6,8-9H2,1-2H3,(H,16,17). The van der Waals surface area contributed by atoms with E-state index in [1.807, 2.05) is 36.9 Å². The molecule has 1 amide bonds. The number of pyridine rings is 1. The maximum absolute atomic E-state index is 11.8. The Hall–Kier alpha value is -2.09. The molecule has 0 radical (unpaired) electrons. The number of hydrogen-bond donors (Lipinski definition) is 1. The molecule has 0 spiro atoms. The van der Waals surface area contributed by atoms with Crippen LogP contribution in [0.5, 0.6) is 0 Å². The number of hydrogen-bond acceptors (Lipinski definition) is 4. The summed E-state index contributed by atoms with van der Waals surface area (Å²) in [6.45, 7) is 4.75. The Balaban J connectivity index is 2.01. The zero-order chi connectivity index (χ0) is 13.8. The molecule has 0 aliphatic carbocycles. The third kappa shape index (κ3) is 3.22.